The van der Waals surface area contributed by atoms with Gasteiger partial charge in [0.05, 0.1) is 0 Å². The lowest BCUT2D eigenvalue weighted by atomic mass is 10.2. The molecule has 0 spiro atoms. The van der Waals surface area contributed by atoms with Crippen LogP contribution in [-0.2, 0) is 0 Å². The summed E-state index contributed by atoms with van der Waals surface area (Å²) in [5.74, 6) is 5.71. The molecule has 9 heavy (non-hydrogen) atoms. The van der Waals surface area contributed by atoms with Crippen molar-refractivity contribution >= 4 is 0 Å². The Bertz CT molecular complexity index is 280. The van der Waals surface area contributed by atoms with E-state index in [1.807, 2.05) is 19.1 Å². The summed E-state index contributed by atoms with van der Waals surface area (Å²) in [6.07, 6.45) is 5.53. The molecule has 1 aliphatic carbocycles. The van der Waals surface area contributed by atoms with Crippen molar-refractivity contribution in [3.05, 3.63) is 35.3 Å². The lowest BCUT2D eigenvalue weighted by Gasteiger charge is -1.83. The predicted molar refractivity (Wildman–Crippen MR) is 37.7 cm³/mol. The highest BCUT2D eigenvalue weighted by atomic mass is 13.8. The van der Waals surface area contributed by atoms with Crippen LogP contribution in [0.4, 0.5) is 0 Å². The maximum absolute atomic E-state index is 2.91. The second-order valence-electron chi connectivity index (χ2n) is 1.60. The van der Waals surface area contributed by atoms with E-state index in [4.69, 9.17) is 0 Å². The van der Waals surface area contributed by atoms with Gasteiger partial charge in [0.2, 0.25) is 0 Å². The standard InChI is InChI=1S/C9H6/c1-2-6-9-7-4-3-5-8-9/h4,7-8H,1H3. The maximum Gasteiger partial charge on any atom is 0.0335 e. The van der Waals surface area contributed by atoms with Crippen LogP contribution in [-0.4, -0.2) is 0 Å². The lowest BCUT2D eigenvalue weighted by Crippen LogP contribution is -1.69. The van der Waals surface area contributed by atoms with E-state index in [2.05, 4.69) is 23.3 Å². The van der Waals surface area contributed by atoms with Gasteiger partial charge in [0.25, 0.3) is 0 Å². The first-order valence-electron chi connectivity index (χ1n) is 2.74. The molecule has 0 aliphatic heterocycles. The molecule has 0 bridgehead atoms. The number of rotatable bonds is 0. The first-order valence-corrected chi connectivity index (χ1v) is 2.74. The van der Waals surface area contributed by atoms with Crippen molar-refractivity contribution in [2.75, 3.05) is 0 Å². The Labute approximate surface area is 54.9 Å². The summed E-state index contributed by atoms with van der Waals surface area (Å²) in [6, 6.07) is 0. The van der Waals surface area contributed by atoms with Gasteiger partial charge in [-0.05, 0) is 19.1 Å². The van der Waals surface area contributed by atoms with E-state index in [0.717, 1.165) is 5.57 Å². The summed E-state index contributed by atoms with van der Waals surface area (Å²) in [5.41, 5.74) is 6.61. The molecule has 0 heteroatoms. The fourth-order valence-corrected chi connectivity index (χ4v) is 0.569. The van der Waals surface area contributed by atoms with Crippen molar-refractivity contribution in [3.63, 3.8) is 0 Å². The summed E-state index contributed by atoms with van der Waals surface area (Å²) in [7, 11) is 0. The molecule has 0 atom stereocenters. The highest BCUT2D eigenvalue weighted by Crippen LogP contribution is 1.96. The molecule has 0 fully saturated rings. The third kappa shape index (κ3) is 1.52. The molecule has 0 unspecified atom stereocenters. The normalized spacial score (nSPS) is 12.3. The molecule has 1 rings (SSSR count). The summed E-state index contributed by atoms with van der Waals surface area (Å²) in [5, 5.41) is 0. The Morgan fingerprint density at radius 3 is 2.89 bits per heavy atom. The Hall–Kier alpha value is -1.40. The molecule has 0 radical (unpaired) electrons. The van der Waals surface area contributed by atoms with Crippen LogP contribution in [0.2, 0.25) is 0 Å². The average molecular weight is 114 g/mol. The van der Waals surface area contributed by atoms with Gasteiger partial charge in [-0.2, -0.15) is 0 Å². The second-order valence-corrected chi connectivity index (χ2v) is 1.60. The van der Waals surface area contributed by atoms with Crippen molar-refractivity contribution in [1.29, 1.82) is 0 Å². The smallest absolute Gasteiger partial charge is 0.0335 e. The molecular formula is C9H6. The Balaban J connectivity index is 2.88. The van der Waals surface area contributed by atoms with Crippen LogP contribution in [0, 0.1) is 11.8 Å². The van der Waals surface area contributed by atoms with Crippen LogP contribution in [0.3, 0.4) is 0 Å². The van der Waals surface area contributed by atoms with E-state index < -0.39 is 0 Å². The highest BCUT2D eigenvalue weighted by molar-refractivity contribution is 5.41. The van der Waals surface area contributed by atoms with Gasteiger partial charge in [-0.15, -0.1) is 5.92 Å². The second kappa shape index (κ2) is 2.80. The van der Waals surface area contributed by atoms with Gasteiger partial charge < -0.3 is 0 Å². The van der Waals surface area contributed by atoms with Gasteiger partial charge in [0.15, 0.2) is 0 Å². The monoisotopic (exact) mass is 114 g/mol. The fourth-order valence-electron chi connectivity index (χ4n) is 0.569. The van der Waals surface area contributed by atoms with E-state index in [1.54, 1.807) is 6.08 Å². The lowest BCUT2D eigenvalue weighted by molar-refractivity contribution is 1.72. The summed E-state index contributed by atoms with van der Waals surface area (Å²) in [6.45, 7) is 1.82. The topological polar surface area (TPSA) is 0 Å². The maximum atomic E-state index is 2.91. The largest absolute Gasteiger partial charge is 0.101 e. The van der Waals surface area contributed by atoms with Gasteiger partial charge in [0.1, 0.15) is 0 Å². The number of hydrogen-bond donors (Lipinski definition) is 0. The molecule has 0 saturated carbocycles. The molecular weight excluding hydrogens is 108 g/mol. The van der Waals surface area contributed by atoms with Crippen LogP contribution in [0.5, 0.6) is 0 Å². The molecule has 0 aromatic carbocycles. The SMILES string of the molecule is CC#CC1=CC=C=C=C1. The minimum atomic E-state index is 0.997. The molecule has 1 aliphatic rings. The van der Waals surface area contributed by atoms with E-state index in [0.29, 0.717) is 0 Å². The molecule has 0 saturated heterocycles. The Morgan fingerprint density at radius 1 is 1.44 bits per heavy atom. The molecule has 0 nitrogen and oxygen atoms in total. The van der Waals surface area contributed by atoms with E-state index >= 15 is 0 Å². The van der Waals surface area contributed by atoms with Gasteiger partial charge in [-0.25, -0.2) is 0 Å². The van der Waals surface area contributed by atoms with Gasteiger partial charge in [-0.1, -0.05) is 17.4 Å². The summed E-state index contributed by atoms with van der Waals surface area (Å²) >= 11 is 0. The molecule has 0 aromatic heterocycles. The predicted octanol–water partition coefficient (Wildman–Crippen LogP) is 1.82. The van der Waals surface area contributed by atoms with Crippen LogP contribution in [0.15, 0.2) is 35.3 Å². The quantitative estimate of drug-likeness (QED) is 0.333. The van der Waals surface area contributed by atoms with Gasteiger partial charge in [-0.3, -0.25) is 0 Å². The van der Waals surface area contributed by atoms with Crippen LogP contribution in [0.25, 0.3) is 0 Å². The summed E-state index contributed by atoms with van der Waals surface area (Å²) in [4.78, 5) is 0. The van der Waals surface area contributed by atoms with Crippen molar-refractivity contribution in [2.45, 2.75) is 6.92 Å². The third-order valence-electron chi connectivity index (χ3n) is 0.927. The van der Waals surface area contributed by atoms with E-state index in [-0.39, 0.29) is 0 Å². The first kappa shape index (κ1) is 5.73. The van der Waals surface area contributed by atoms with E-state index in [1.165, 1.54) is 0 Å². The van der Waals surface area contributed by atoms with Crippen LogP contribution in [0.1, 0.15) is 6.92 Å². The molecule has 42 valence electrons. The third-order valence-corrected chi connectivity index (χ3v) is 0.927. The van der Waals surface area contributed by atoms with E-state index in [9.17, 15) is 0 Å². The zero-order valence-corrected chi connectivity index (χ0v) is 5.23. The number of allylic oxidation sites excluding steroid dienone is 4. The zero-order chi connectivity index (χ0) is 6.53. The Morgan fingerprint density at radius 2 is 2.33 bits per heavy atom. The first-order chi connectivity index (χ1) is 4.43. The van der Waals surface area contributed by atoms with Crippen LogP contribution < -0.4 is 0 Å². The fraction of sp³-hybridized carbons (Fsp3) is 0.111. The highest BCUT2D eigenvalue weighted by Gasteiger charge is 1.81. The van der Waals surface area contributed by atoms with Gasteiger partial charge in [0, 0.05) is 11.6 Å². The molecule has 0 heterocycles. The van der Waals surface area contributed by atoms with Crippen molar-refractivity contribution < 1.29 is 0 Å². The minimum Gasteiger partial charge on any atom is -0.101 e. The molecule has 0 amide bonds. The molecule has 0 aromatic rings. The Kier molecular flexibility index (Phi) is 1.78. The summed E-state index contributed by atoms with van der Waals surface area (Å²) < 4.78 is 0. The average Bonchev–Trinajstić information content (AvgIpc) is 1.91. The van der Waals surface area contributed by atoms with Crippen molar-refractivity contribution in [3.8, 4) is 11.8 Å². The molecule has 0 N–H and O–H groups in total. The van der Waals surface area contributed by atoms with Gasteiger partial charge >= 0.3 is 0 Å². The van der Waals surface area contributed by atoms with Crippen molar-refractivity contribution in [1.82, 2.24) is 0 Å². The van der Waals surface area contributed by atoms with Crippen molar-refractivity contribution in [2.24, 2.45) is 0 Å². The minimum absolute atomic E-state index is 0.997. The zero-order valence-electron chi connectivity index (χ0n) is 5.23. The van der Waals surface area contributed by atoms with Crippen LogP contribution >= 0.6 is 0 Å². The number of hydrogen-bond acceptors (Lipinski definition) is 0.